The van der Waals surface area contributed by atoms with Gasteiger partial charge in [0.05, 0.1) is 0 Å². The summed E-state index contributed by atoms with van der Waals surface area (Å²) >= 11 is 0. The molecule has 0 rings (SSSR count). The first-order valence-electron chi connectivity index (χ1n) is 16.6. The molecule has 0 N–H and O–H groups in total. The first-order valence-corrected chi connectivity index (χ1v) is 16.6. The van der Waals surface area contributed by atoms with Crippen LogP contribution < -0.4 is 0 Å². The second-order valence-corrected chi connectivity index (χ2v) is 9.32. The van der Waals surface area contributed by atoms with Crippen LogP contribution in [0.3, 0.4) is 0 Å². The number of hydrogen-bond acceptors (Lipinski definition) is 1. The minimum Gasteiger partial charge on any atom is -0.382 e. The van der Waals surface area contributed by atoms with Crippen LogP contribution in [0, 0.1) is 0 Å². The van der Waals surface area contributed by atoms with Gasteiger partial charge in [0.2, 0.25) is 0 Å². The molecular formula is C34H80O. The standard InChI is InChI=1S/5C6H14.C4H10O/c5*1-3-5-6-4-2;1-3-5-4-2/h5*3-6H2,1-2H3;3-4H2,1-2H3. The fraction of sp³-hybridized carbons (Fsp3) is 1.00. The van der Waals surface area contributed by atoms with Crippen LogP contribution in [-0.4, -0.2) is 13.2 Å². The van der Waals surface area contributed by atoms with Crippen molar-refractivity contribution in [1.82, 2.24) is 0 Å². The van der Waals surface area contributed by atoms with E-state index in [9.17, 15) is 0 Å². The minimum absolute atomic E-state index is 0.844. The van der Waals surface area contributed by atoms with Crippen molar-refractivity contribution in [2.45, 2.75) is 212 Å². The van der Waals surface area contributed by atoms with E-state index in [1.54, 1.807) is 0 Å². The maximum absolute atomic E-state index is 4.83. The Kier molecular flexibility index (Phi) is 96.1. The summed E-state index contributed by atoms with van der Waals surface area (Å²) in [5, 5.41) is 0. The van der Waals surface area contributed by atoms with Gasteiger partial charge in [0.15, 0.2) is 0 Å². The molecule has 0 bridgehead atoms. The number of ether oxygens (including phenoxy) is 1. The van der Waals surface area contributed by atoms with E-state index in [-0.39, 0.29) is 0 Å². The average Bonchev–Trinajstić information content (AvgIpc) is 2.89. The van der Waals surface area contributed by atoms with Gasteiger partial charge >= 0.3 is 0 Å². The van der Waals surface area contributed by atoms with Crippen LogP contribution in [0.2, 0.25) is 0 Å². The molecule has 0 saturated heterocycles. The molecule has 0 heterocycles. The first-order chi connectivity index (χ1) is 17.0. The molecule has 0 unspecified atom stereocenters. The minimum atomic E-state index is 0.844. The summed E-state index contributed by atoms with van der Waals surface area (Å²) in [5.41, 5.74) is 0. The summed E-state index contributed by atoms with van der Waals surface area (Å²) in [6.07, 6.45) is 27.7. The fourth-order valence-electron chi connectivity index (χ4n) is 2.70. The third-order valence-electron chi connectivity index (χ3n) is 5.19. The summed E-state index contributed by atoms with van der Waals surface area (Å²) < 4.78 is 4.83. The van der Waals surface area contributed by atoms with Crippen molar-refractivity contribution < 1.29 is 4.74 Å². The Labute approximate surface area is 229 Å². The van der Waals surface area contributed by atoms with Crippen molar-refractivity contribution in [3.8, 4) is 0 Å². The monoisotopic (exact) mass is 505 g/mol. The Morgan fingerprint density at radius 2 is 0.343 bits per heavy atom. The number of unbranched alkanes of at least 4 members (excludes halogenated alkanes) is 15. The normalized spacial score (nSPS) is 8.91. The van der Waals surface area contributed by atoms with Gasteiger partial charge in [-0.05, 0) is 13.8 Å². The lowest BCUT2D eigenvalue weighted by Gasteiger charge is -1.86. The molecule has 0 atom stereocenters. The second-order valence-electron chi connectivity index (χ2n) is 9.32. The van der Waals surface area contributed by atoms with Gasteiger partial charge in [0, 0.05) is 13.2 Å². The Balaban J connectivity index is -0.0000000722. The van der Waals surface area contributed by atoms with Crippen molar-refractivity contribution in [3.63, 3.8) is 0 Å². The van der Waals surface area contributed by atoms with Crippen LogP contribution in [0.4, 0.5) is 0 Å². The summed E-state index contributed by atoms with van der Waals surface area (Å²) in [6, 6.07) is 0. The molecule has 0 spiro atoms. The lowest BCUT2D eigenvalue weighted by Crippen LogP contribution is -1.84. The van der Waals surface area contributed by atoms with Gasteiger partial charge in [-0.3, -0.25) is 0 Å². The van der Waals surface area contributed by atoms with E-state index in [4.69, 9.17) is 4.74 Å². The average molecular weight is 505 g/mol. The van der Waals surface area contributed by atoms with Gasteiger partial charge < -0.3 is 4.74 Å². The van der Waals surface area contributed by atoms with E-state index < -0.39 is 0 Å². The van der Waals surface area contributed by atoms with Crippen LogP contribution in [-0.2, 0) is 4.74 Å². The third kappa shape index (κ3) is 121. The molecule has 0 amide bonds. The zero-order chi connectivity index (χ0) is 28.3. The highest BCUT2D eigenvalue weighted by molar-refractivity contribution is 4.33. The van der Waals surface area contributed by atoms with Crippen molar-refractivity contribution in [2.75, 3.05) is 13.2 Å². The van der Waals surface area contributed by atoms with Crippen LogP contribution in [0.15, 0.2) is 0 Å². The molecule has 0 aliphatic carbocycles. The van der Waals surface area contributed by atoms with Gasteiger partial charge in [0.1, 0.15) is 0 Å². The van der Waals surface area contributed by atoms with Crippen molar-refractivity contribution >= 4 is 0 Å². The van der Waals surface area contributed by atoms with Crippen molar-refractivity contribution in [2.24, 2.45) is 0 Å². The molecule has 1 nitrogen and oxygen atoms in total. The van der Waals surface area contributed by atoms with Gasteiger partial charge in [-0.2, -0.15) is 0 Å². The van der Waals surface area contributed by atoms with Gasteiger partial charge in [-0.15, -0.1) is 0 Å². The predicted octanol–water partition coefficient (Wildman–Crippen LogP) is 14.0. The highest BCUT2D eigenvalue weighted by Crippen LogP contribution is 1.97. The van der Waals surface area contributed by atoms with E-state index in [0.717, 1.165) is 13.2 Å². The molecular weight excluding hydrogens is 424 g/mol. The molecule has 222 valence electrons. The van der Waals surface area contributed by atoms with Crippen LogP contribution in [0.25, 0.3) is 0 Å². The molecule has 0 aliphatic heterocycles. The summed E-state index contributed by atoms with van der Waals surface area (Å²) in [4.78, 5) is 0. The SMILES string of the molecule is CCCCCC.CCCCCC.CCCCCC.CCCCCC.CCCCCC.CCOCC. The molecule has 0 saturated carbocycles. The highest BCUT2D eigenvalue weighted by Gasteiger charge is 1.77. The molecule has 0 aromatic heterocycles. The van der Waals surface area contributed by atoms with Crippen LogP contribution in [0.1, 0.15) is 212 Å². The number of hydrogen-bond donors (Lipinski definition) is 0. The first kappa shape index (κ1) is 48.1. The maximum atomic E-state index is 4.83. The lowest BCUT2D eigenvalue weighted by atomic mass is 10.2. The topological polar surface area (TPSA) is 9.23 Å². The zero-order valence-electron chi connectivity index (χ0n) is 28.0. The van der Waals surface area contributed by atoms with E-state index >= 15 is 0 Å². The lowest BCUT2D eigenvalue weighted by molar-refractivity contribution is 0.162. The quantitative estimate of drug-likeness (QED) is 0.179. The molecule has 0 fully saturated rings. The van der Waals surface area contributed by atoms with Gasteiger partial charge in [-0.1, -0.05) is 198 Å². The van der Waals surface area contributed by atoms with E-state index in [0.29, 0.717) is 0 Å². The Morgan fingerprint density at radius 3 is 0.371 bits per heavy atom. The molecule has 35 heavy (non-hydrogen) atoms. The summed E-state index contributed by atoms with van der Waals surface area (Å²) in [6.45, 7) is 28.0. The fourth-order valence-corrected chi connectivity index (χ4v) is 2.70. The van der Waals surface area contributed by atoms with Gasteiger partial charge in [0.25, 0.3) is 0 Å². The predicted molar refractivity (Wildman–Crippen MR) is 171 cm³/mol. The summed E-state index contributed by atoms with van der Waals surface area (Å²) in [7, 11) is 0. The molecule has 0 aromatic rings. The Bertz CT molecular complexity index is 146. The van der Waals surface area contributed by atoms with E-state index in [1.165, 1.54) is 128 Å². The Morgan fingerprint density at radius 1 is 0.229 bits per heavy atom. The molecule has 0 radical (unpaired) electrons. The van der Waals surface area contributed by atoms with Crippen molar-refractivity contribution in [1.29, 1.82) is 0 Å². The zero-order valence-corrected chi connectivity index (χ0v) is 28.0. The maximum Gasteiger partial charge on any atom is 0.0437 e. The van der Waals surface area contributed by atoms with E-state index in [2.05, 4.69) is 69.2 Å². The summed E-state index contributed by atoms with van der Waals surface area (Å²) in [5.74, 6) is 0. The van der Waals surface area contributed by atoms with Crippen LogP contribution >= 0.6 is 0 Å². The molecule has 0 aromatic carbocycles. The smallest absolute Gasteiger partial charge is 0.0437 e. The van der Waals surface area contributed by atoms with Crippen molar-refractivity contribution in [3.05, 3.63) is 0 Å². The Hall–Kier alpha value is -0.0400. The number of rotatable bonds is 17. The molecule has 1 heteroatoms. The second kappa shape index (κ2) is 70.0. The highest BCUT2D eigenvalue weighted by atomic mass is 16.5. The van der Waals surface area contributed by atoms with Crippen LogP contribution in [0.5, 0.6) is 0 Å². The largest absolute Gasteiger partial charge is 0.382 e. The van der Waals surface area contributed by atoms with E-state index in [1.807, 2.05) is 13.8 Å². The molecule has 0 aliphatic rings. The third-order valence-corrected chi connectivity index (χ3v) is 5.19. The van der Waals surface area contributed by atoms with Gasteiger partial charge in [-0.25, -0.2) is 0 Å².